The van der Waals surface area contributed by atoms with Crippen molar-refractivity contribution in [1.82, 2.24) is 0 Å². The number of ether oxygens (including phenoxy) is 2. The van der Waals surface area contributed by atoms with Gasteiger partial charge >= 0.3 is 5.97 Å². The third-order valence-electron chi connectivity index (χ3n) is 5.19. The molecule has 0 radical (unpaired) electrons. The fourth-order valence-electron chi connectivity index (χ4n) is 3.56. The van der Waals surface area contributed by atoms with Crippen molar-refractivity contribution < 1.29 is 23.5 Å². The second-order valence-corrected chi connectivity index (χ2v) is 7.69. The van der Waals surface area contributed by atoms with E-state index in [1.54, 1.807) is 18.2 Å². The van der Waals surface area contributed by atoms with Crippen LogP contribution in [-0.4, -0.2) is 31.0 Å². The first-order valence-electron chi connectivity index (χ1n) is 10.5. The van der Waals surface area contributed by atoms with E-state index in [0.717, 1.165) is 23.3 Å². The summed E-state index contributed by atoms with van der Waals surface area (Å²) in [4.78, 5) is 26.0. The summed E-state index contributed by atoms with van der Waals surface area (Å²) in [5, 5.41) is 0.678. The number of carbonyl (C=O) groups is 2. The Bertz CT molecular complexity index is 1080. The summed E-state index contributed by atoms with van der Waals surface area (Å²) in [6.07, 6.45) is 0.423. The van der Waals surface area contributed by atoms with Crippen LogP contribution >= 0.6 is 0 Å². The predicted molar refractivity (Wildman–Crippen MR) is 120 cm³/mol. The van der Waals surface area contributed by atoms with Gasteiger partial charge in [0.25, 0.3) is 0 Å². The van der Waals surface area contributed by atoms with Gasteiger partial charge in [0.2, 0.25) is 0 Å². The highest BCUT2D eigenvalue weighted by Gasteiger charge is 2.25. The number of fused-ring (bicyclic) bond motifs is 1. The first-order chi connectivity index (χ1) is 14.8. The number of furan rings is 1. The maximum absolute atomic E-state index is 13.6. The van der Waals surface area contributed by atoms with Crippen LogP contribution in [0.15, 0.2) is 40.8 Å². The number of aryl methyl sites for hydroxylation is 2. The molecule has 1 heterocycles. The molecule has 0 spiro atoms. The Labute approximate surface area is 182 Å². The van der Waals surface area contributed by atoms with Gasteiger partial charge in [-0.2, -0.15) is 0 Å². The van der Waals surface area contributed by atoms with E-state index in [1.807, 2.05) is 45.9 Å². The van der Waals surface area contributed by atoms with Gasteiger partial charge in [-0.3, -0.25) is 9.59 Å². The molecule has 0 aliphatic heterocycles. The van der Waals surface area contributed by atoms with Gasteiger partial charge in [0.1, 0.15) is 30.1 Å². The van der Waals surface area contributed by atoms with Crippen LogP contribution in [0.5, 0.6) is 5.75 Å². The Morgan fingerprint density at radius 1 is 1.13 bits per heavy atom. The molecular formula is C25H29NO5. The lowest BCUT2D eigenvalue weighted by molar-refractivity contribution is -0.147. The number of ketones is 1. The highest BCUT2D eigenvalue weighted by atomic mass is 16.5. The average Bonchev–Trinajstić information content (AvgIpc) is 3.09. The molecule has 3 rings (SSSR count). The lowest BCUT2D eigenvalue weighted by Gasteiger charge is -2.13. The maximum Gasteiger partial charge on any atom is 0.313 e. The second-order valence-electron chi connectivity index (χ2n) is 7.69. The van der Waals surface area contributed by atoms with Crippen LogP contribution < -0.4 is 10.5 Å². The molecule has 1 atom stereocenters. The highest BCUT2D eigenvalue weighted by molar-refractivity contribution is 6.17. The molecule has 6 heteroatoms. The molecule has 0 bridgehead atoms. The van der Waals surface area contributed by atoms with Crippen molar-refractivity contribution in [3.05, 3.63) is 64.4 Å². The summed E-state index contributed by atoms with van der Waals surface area (Å²) in [5.41, 5.74) is 8.71. The van der Waals surface area contributed by atoms with Crippen molar-refractivity contribution in [3.8, 4) is 5.75 Å². The Morgan fingerprint density at radius 3 is 2.45 bits per heavy atom. The third kappa shape index (κ3) is 4.97. The third-order valence-corrected chi connectivity index (χ3v) is 5.19. The topological polar surface area (TPSA) is 91.8 Å². The smallest absolute Gasteiger partial charge is 0.313 e. The first kappa shape index (κ1) is 22.6. The van der Waals surface area contributed by atoms with E-state index in [2.05, 4.69) is 0 Å². The van der Waals surface area contributed by atoms with E-state index < -0.39 is 5.97 Å². The maximum atomic E-state index is 13.6. The van der Waals surface area contributed by atoms with Crippen molar-refractivity contribution in [3.63, 3.8) is 0 Å². The quantitative estimate of drug-likeness (QED) is 0.402. The molecule has 0 unspecified atom stereocenters. The summed E-state index contributed by atoms with van der Waals surface area (Å²) >= 11 is 0. The molecule has 164 valence electrons. The van der Waals surface area contributed by atoms with E-state index in [0.29, 0.717) is 41.0 Å². The van der Waals surface area contributed by atoms with Crippen LogP contribution in [0, 0.1) is 13.8 Å². The van der Waals surface area contributed by atoms with Gasteiger partial charge in [0.15, 0.2) is 5.78 Å². The molecule has 0 aliphatic carbocycles. The second kappa shape index (κ2) is 9.79. The van der Waals surface area contributed by atoms with Crippen molar-refractivity contribution in [2.75, 3.05) is 13.2 Å². The van der Waals surface area contributed by atoms with Gasteiger partial charge in [0, 0.05) is 17.5 Å². The molecule has 1 aromatic heterocycles. The SMILES string of the molecule is CC[C@H](C)OC(=O)Cc1oc2ccccc2c1C(=O)c1cc(C)c(OCCN)c(C)c1. The number of hydrogen-bond donors (Lipinski definition) is 1. The zero-order valence-electron chi connectivity index (χ0n) is 18.5. The average molecular weight is 424 g/mol. The molecule has 6 nitrogen and oxygen atoms in total. The van der Waals surface area contributed by atoms with Crippen molar-refractivity contribution in [2.45, 2.75) is 46.6 Å². The predicted octanol–water partition coefficient (Wildman–Crippen LogP) is 4.50. The minimum atomic E-state index is -0.416. The number of rotatable bonds is 9. The molecule has 3 aromatic rings. The van der Waals surface area contributed by atoms with E-state index in [9.17, 15) is 9.59 Å². The van der Waals surface area contributed by atoms with Gasteiger partial charge in [-0.1, -0.05) is 25.1 Å². The fourth-order valence-corrected chi connectivity index (χ4v) is 3.56. The Morgan fingerprint density at radius 2 is 1.81 bits per heavy atom. The summed E-state index contributed by atoms with van der Waals surface area (Å²) in [6, 6.07) is 10.9. The molecule has 0 saturated carbocycles. The summed E-state index contributed by atoms with van der Waals surface area (Å²) in [7, 11) is 0. The molecule has 31 heavy (non-hydrogen) atoms. The number of nitrogens with two attached hydrogens (primary N) is 1. The molecule has 0 aliphatic rings. The Kier molecular flexibility index (Phi) is 7.13. The van der Waals surface area contributed by atoms with Crippen LogP contribution in [0.1, 0.15) is 53.1 Å². The van der Waals surface area contributed by atoms with Crippen LogP contribution in [0.3, 0.4) is 0 Å². The van der Waals surface area contributed by atoms with E-state index >= 15 is 0 Å². The van der Waals surface area contributed by atoms with Crippen LogP contribution in [0.2, 0.25) is 0 Å². The van der Waals surface area contributed by atoms with Gasteiger partial charge < -0.3 is 19.6 Å². The van der Waals surface area contributed by atoms with Gasteiger partial charge in [0.05, 0.1) is 11.7 Å². The standard InChI is InChI=1S/C25H29NO5/c1-5-17(4)30-22(27)14-21-23(19-8-6-7-9-20(19)31-21)24(28)18-12-15(2)25(16(3)13-18)29-11-10-26/h6-9,12-13,17H,5,10-11,14,26H2,1-4H3/t17-/m0/s1. The van der Waals surface area contributed by atoms with Crippen molar-refractivity contribution in [2.24, 2.45) is 5.73 Å². The summed E-state index contributed by atoms with van der Waals surface area (Å²) < 4.78 is 17.0. The molecule has 0 saturated heterocycles. The van der Waals surface area contributed by atoms with Crippen molar-refractivity contribution >= 4 is 22.7 Å². The molecule has 0 amide bonds. The Hall–Kier alpha value is -3.12. The van der Waals surface area contributed by atoms with Crippen molar-refractivity contribution in [1.29, 1.82) is 0 Å². The number of para-hydroxylation sites is 1. The lowest BCUT2D eigenvalue weighted by atomic mass is 9.96. The molecular weight excluding hydrogens is 394 g/mol. The largest absolute Gasteiger partial charge is 0.492 e. The van der Waals surface area contributed by atoms with Crippen LogP contribution in [-0.2, 0) is 16.0 Å². The normalized spacial score (nSPS) is 12.0. The molecule has 0 fully saturated rings. The Balaban J connectivity index is 2.01. The molecule has 2 N–H and O–H groups in total. The number of benzene rings is 2. The van der Waals surface area contributed by atoms with Gasteiger partial charge in [-0.25, -0.2) is 0 Å². The highest BCUT2D eigenvalue weighted by Crippen LogP contribution is 2.31. The van der Waals surface area contributed by atoms with E-state index in [4.69, 9.17) is 19.6 Å². The monoisotopic (exact) mass is 423 g/mol. The van der Waals surface area contributed by atoms with Crippen LogP contribution in [0.25, 0.3) is 11.0 Å². The summed E-state index contributed by atoms with van der Waals surface area (Å²) in [6.45, 7) is 8.39. The number of carbonyl (C=O) groups excluding carboxylic acids is 2. The lowest BCUT2D eigenvalue weighted by Crippen LogP contribution is -2.17. The first-order valence-corrected chi connectivity index (χ1v) is 10.5. The zero-order chi connectivity index (χ0) is 22.5. The fraction of sp³-hybridized carbons (Fsp3) is 0.360. The van der Waals surface area contributed by atoms with Crippen LogP contribution in [0.4, 0.5) is 0 Å². The van der Waals surface area contributed by atoms with E-state index in [1.165, 1.54) is 0 Å². The summed E-state index contributed by atoms with van der Waals surface area (Å²) in [5.74, 6) is 0.433. The number of esters is 1. The molecule has 2 aromatic carbocycles. The van der Waals surface area contributed by atoms with Gasteiger partial charge in [-0.15, -0.1) is 0 Å². The number of hydrogen-bond acceptors (Lipinski definition) is 6. The minimum Gasteiger partial charge on any atom is -0.492 e. The minimum absolute atomic E-state index is 0.101. The zero-order valence-corrected chi connectivity index (χ0v) is 18.5. The van der Waals surface area contributed by atoms with E-state index in [-0.39, 0.29) is 18.3 Å². The van der Waals surface area contributed by atoms with Gasteiger partial charge in [-0.05, 0) is 56.5 Å².